The van der Waals surface area contributed by atoms with Crippen LogP contribution in [0.15, 0.2) is 24.8 Å². The van der Waals surface area contributed by atoms with Crippen LogP contribution in [-0.4, -0.2) is 46.1 Å². The minimum Gasteiger partial charge on any atom is -0.373 e. The third-order valence-electron chi connectivity index (χ3n) is 4.10. The SMILES string of the molecule is CNc1cc(N2CCC[C@@H]2CNCc2cnc(C)cn2)ncn1. The van der Waals surface area contributed by atoms with Crippen molar-refractivity contribution in [3.8, 4) is 0 Å². The second kappa shape index (κ2) is 7.32. The number of nitrogens with zero attached hydrogens (tertiary/aromatic N) is 5. The fraction of sp³-hybridized carbons (Fsp3) is 0.500. The molecule has 2 aromatic heterocycles. The summed E-state index contributed by atoms with van der Waals surface area (Å²) in [5.74, 6) is 1.84. The van der Waals surface area contributed by atoms with Gasteiger partial charge in [-0.25, -0.2) is 9.97 Å². The van der Waals surface area contributed by atoms with Crippen molar-refractivity contribution < 1.29 is 0 Å². The largest absolute Gasteiger partial charge is 0.373 e. The fourth-order valence-electron chi connectivity index (χ4n) is 2.87. The van der Waals surface area contributed by atoms with Gasteiger partial charge in [-0.3, -0.25) is 9.97 Å². The van der Waals surface area contributed by atoms with Crippen molar-refractivity contribution in [2.75, 3.05) is 30.4 Å². The minimum absolute atomic E-state index is 0.452. The average Bonchev–Trinajstić information content (AvgIpc) is 3.05. The van der Waals surface area contributed by atoms with E-state index in [-0.39, 0.29) is 0 Å². The van der Waals surface area contributed by atoms with E-state index in [1.807, 2.05) is 26.2 Å². The highest BCUT2D eigenvalue weighted by molar-refractivity contribution is 5.49. The van der Waals surface area contributed by atoms with E-state index >= 15 is 0 Å². The molecular formula is C16H23N7. The lowest BCUT2D eigenvalue weighted by Crippen LogP contribution is -2.38. The monoisotopic (exact) mass is 313 g/mol. The fourth-order valence-corrected chi connectivity index (χ4v) is 2.87. The van der Waals surface area contributed by atoms with Crippen LogP contribution in [0.3, 0.4) is 0 Å². The number of hydrogen-bond acceptors (Lipinski definition) is 7. The van der Waals surface area contributed by atoms with Gasteiger partial charge in [0.1, 0.15) is 18.0 Å². The lowest BCUT2D eigenvalue weighted by atomic mass is 10.2. The molecule has 0 amide bonds. The zero-order valence-electron chi connectivity index (χ0n) is 13.7. The van der Waals surface area contributed by atoms with Crippen molar-refractivity contribution in [3.05, 3.63) is 36.2 Å². The summed E-state index contributed by atoms with van der Waals surface area (Å²) in [6.45, 7) is 4.64. The van der Waals surface area contributed by atoms with Crippen LogP contribution in [-0.2, 0) is 6.54 Å². The Morgan fingerprint density at radius 2 is 2.13 bits per heavy atom. The third-order valence-corrected chi connectivity index (χ3v) is 4.10. The predicted octanol–water partition coefficient (Wildman–Crippen LogP) is 1.38. The smallest absolute Gasteiger partial charge is 0.134 e. The van der Waals surface area contributed by atoms with Crippen LogP contribution in [0.5, 0.6) is 0 Å². The molecule has 2 N–H and O–H groups in total. The molecule has 0 aliphatic carbocycles. The molecule has 0 bridgehead atoms. The maximum Gasteiger partial charge on any atom is 0.134 e. The normalized spacial score (nSPS) is 17.5. The second-order valence-electron chi connectivity index (χ2n) is 5.78. The van der Waals surface area contributed by atoms with Crippen molar-refractivity contribution in [1.29, 1.82) is 0 Å². The molecule has 1 atom stereocenters. The molecule has 122 valence electrons. The molecule has 3 rings (SSSR count). The van der Waals surface area contributed by atoms with Gasteiger partial charge in [0.05, 0.1) is 11.4 Å². The summed E-state index contributed by atoms with van der Waals surface area (Å²) in [6, 6.07) is 2.46. The Labute approximate surface area is 136 Å². The van der Waals surface area contributed by atoms with E-state index in [1.54, 1.807) is 12.5 Å². The summed E-state index contributed by atoms with van der Waals surface area (Å²) >= 11 is 0. The number of hydrogen-bond donors (Lipinski definition) is 2. The Balaban J connectivity index is 1.57. The highest BCUT2D eigenvalue weighted by Crippen LogP contribution is 2.24. The van der Waals surface area contributed by atoms with Gasteiger partial charge in [-0.2, -0.15) is 0 Å². The minimum atomic E-state index is 0.452. The van der Waals surface area contributed by atoms with E-state index in [0.29, 0.717) is 6.04 Å². The van der Waals surface area contributed by atoms with Crippen LogP contribution < -0.4 is 15.5 Å². The molecule has 0 spiro atoms. The van der Waals surface area contributed by atoms with Crippen molar-refractivity contribution >= 4 is 11.6 Å². The standard InChI is InChI=1S/C16H23N7/c1-12-7-20-13(9-19-12)8-18-10-14-4-3-5-23(14)16-6-15(17-2)21-11-22-16/h6-7,9,11,14,18H,3-5,8,10H2,1-2H3,(H,17,21,22)/t14-/m1/s1. The molecule has 0 saturated carbocycles. The zero-order chi connectivity index (χ0) is 16.1. The Bertz CT molecular complexity index is 629. The first kappa shape index (κ1) is 15.6. The third kappa shape index (κ3) is 3.92. The lowest BCUT2D eigenvalue weighted by molar-refractivity contribution is 0.565. The first-order valence-corrected chi connectivity index (χ1v) is 8.01. The Morgan fingerprint density at radius 3 is 2.91 bits per heavy atom. The molecule has 1 aliphatic rings. The van der Waals surface area contributed by atoms with E-state index in [2.05, 4.69) is 35.5 Å². The van der Waals surface area contributed by atoms with Crippen LogP contribution in [0.1, 0.15) is 24.2 Å². The second-order valence-corrected chi connectivity index (χ2v) is 5.78. The molecule has 0 aromatic carbocycles. The quantitative estimate of drug-likeness (QED) is 0.834. The predicted molar refractivity (Wildman–Crippen MR) is 90.4 cm³/mol. The van der Waals surface area contributed by atoms with Gasteiger partial charge in [0.25, 0.3) is 0 Å². The first-order chi connectivity index (χ1) is 11.3. The van der Waals surface area contributed by atoms with E-state index in [1.165, 1.54) is 12.8 Å². The maximum absolute atomic E-state index is 4.42. The van der Waals surface area contributed by atoms with Crippen molar-refractivity contribution in [3.63, 3.8) is 0 Å². The Hall–Kier alpha value is -2.28. The van der Waals surface area contributed by atoms with E-state index in [9.17, 15) is 0 Å². The van der Waals surface area contributed by atoms with E-state index in [0.717, 1.165) is 42.7 Å². The number of rotatable bonds is 6. The molecule has 0 unspecified atom stereocenters. The molecule has 23 heavy (non-hydrogen) atoms. The average molecular weight is 313 g/mol. The highest BCUT2D eigenvalue weighted by atomic mass is 15.2. The van der Waals surface area contributed by atoms with Gasteiger partial charge in [0, 0.05) is 51.2 Å². The van der Waals surface area contributed by atoms with E-state index < -0.39 is 0 Å². The van der Waals surface area contributed by atoms with Gasteiger partial charge in [-0.05, 0) is 19.8 Å². The number of anilines is 2. The summed E-state index contributed by atoms with van der Waals surface area (Å²) in [7, 11) is 1.87. The van der Waals surface area contributed by atoms with Crippen LogP contribution in [0.4, 0.5) is 11.6 Å². The van der Waals surface area contributed by atoms with Crippen LogP contribution in [0.25, 0.3) is 0 Å². The van der Waals surface area contributed by atoms with Gasteiger partial charge in [-0.15, -0.1) is 0 Å². The molecule has 1 aliphatic heterocycles. The van der Waals surface area contributed by atoms with Crippen LogP contribution in [0, 0.1) is 6.92 Å². The lowest BCUT2D eigenvalue weighted by Gasteiger charge is -2.26. The van der Waals surface area contributed by atoms with Gasteiger partial charge >= 0.3 is 0 Å². The molecule has 7 heteroatoms. The summed E-state index contributed by atoms with van der Waals surface area (Å²) in [6.07, 6.45) is 7.62. The number of aromatic nitrogens is 4. The molecule has 2 aromatic rings. The number of nitrogens with one attached hydrogen (secondary N) is 2. The van der Waals surface area contributed by atoms with Crippen molar-refractivity contribution in [2.24, 2.45) is 0 Å². The molecule has 0 radical (unpaired) electrons. The maximum atomic E-state index is 4.42. The van der Waals surface area contributed by atoms with E-state index in [4.69, 9.17) is 0 Å². The summed E-state index contributed by atoms with van der Waals surface area (Å²) in [5, 5.41) is 6.55. The van der Waals surface area contributed by atoms with Gasteiger partial charge in [0.2, 0.25) is 0 Å². The van der Waals surface area contributed by atoms with Gasteiger partial charge < -0.3 is 15.5 Å². The van der Waals surface area contributed by atoms with Crippen molar-refractivity contribution in [2.45, 2.75) is 32.4 Å². The molecular weight excluding hydrogens is 290 g/mol. The number of aryl methyl sites for hydroxylation is 1. The molecule has 1 fully saturated rings. The summed E-state index contributed by atoms with van der Waals surface area (Å²) < 4.78 is 0. The summed E-state index contributed by atoms with van der Waals surface area (Å²) in [4.78, 5) is 19.6. The van der Waals surface area contributed by atoms with Crippen LogP contribution >= 0.6 is 0 Å². The first-order valence-electron chi connectivity index (χ1n) is 8.01. The Kier molecular flexibility index (Phi) is 4.97. The molecule has 3 heterocycles. The van der Waals surface area contributed by atoms with Crippen molar-refractivity contribution in [1.82, 2.24) is 25.3 Å². The topological polar surface area (TPSA) is 78.9 Å². The zero-order valence-corrected chi connectivity index (χ0v) is 13.7. The van der Waals surface area contributed by atoms with Gasteiger partial charge in [-0.1, -0.05) is 0 Å². The molecule has 1 saturated heterocycles. The van der Waals surface area contributed by atoms with Gasteiger partial charge in [0.15, 0.2) is 0 Å². The summed E-state index contributed by atoms with van der Waals surface area (Å²) in [5.41, 5.74) is 1.92. The molecule has 7 nitrogen and oxygen atoms in total. The highest BCUT2D eigenvalue weighted by Gasteiger charge is 2.25. The Morgan fingerprint density at radius 1 is 1.22 bits per heavy atom. The van der Waals surface area contributed by atoms with Crippen LogP contribution in [0.2, 0.25) is 0 Å².